The Morgan fingerprint density at radius 1 is 0.957 bits per heavy atom. The maximum atomic E-state index is 11.7. The second-order valence-electron chi connectivity index (χ2n) is 4.40. The largest absolute Gasteiger partial charge is 0.466 e. The molecule has 9 nitrogen and oxygen atoms in total. The summed E-state index contributed by atoms with van der Waals surface area (Å²) >= 11 is 0. The van der Waals surface area contributed by atoms with E-state index < -0.39 is 36.4 Å². The molecule has 0 rings (SSSR count). The van der Waals surface area contributed by atoms with Crippen LogP contribution in [0.1, 0.15) is 40.5 Å². The number of nitrogens with one attached hydrogen (secondary N) is 1. The van der Waals surface area contributed by atoms with E-state index >= 15 is 0 Å². The molecule has 0 atom stereocenters. The molecule has 0 fully saturated rings. The Labute approximate surface area is 135 Å². The van der Waals surface area contributed by atoms with Gasteiger partial charge in [0, 0.05) is 0 Å². The fourth-order valence-electron chi connectivity index (χ4n) is 1.37. The first-order chi connectivity index (χ1) is 10.6. The molecule has 134 valence electrons. The highest BCUT2D eigenvalue weighted by molar-refractivity contribution is 5.90. The topological polar surface area (TPSA) is 149 Å². The first-order valence-electron chi connectivity index (χ1n) is 7.14. The van der Waals surface area contributed by atoms with Crippen LogP contribution in [0.4, 0.5) is 0 Å². The lowest BCUT2D eigenvalue weighted by Crippen LogP contribution is -2.44. The van der Waals surface area contributed by atoms with Crippen LogP contribution < -0.4 is 5.73 Å². The molecule has 0 heterocycles. The second kappa shape index (κ2) is 12.4. The summed E-state index contributed by atoms with van der Waals surface area (Å²) in [6.07, 6.45) is -1.31. The number of ether oxygens (including phenoxy) is 3. The van der Waals surface area contributed by atoms with E-state index in [1.54, 1.807) is 20.8 Å². The Hall–Kier alpha value is -2.16. The van der Waals surface area contributed by atoms with Crippen LogP contribution in [0.25, 0.3) is 0 Å². The van der Waals surface area contributed by atoms with E-state index in [9.17, 15) is 19.5 Å². The van der Waals surface area contributed by atoms with E-state index in [2.05, 4.69) is 14.2 Å². The molecule has 0 aromatic rings. The summed E-state index contributed by atoms with van der Waals surface area (Å²) in [4.78, 5) is 34.4. The van der Waals surface area contributed by atoms with Gasteiger partial charge in [-0.1, -0.05) is 0 Å². The Morgan fingerprint density at radius 2 is 1.26 bits per heavy atom. The van der Waals surface area contributed by atoms with Crippen LogP contribution in [0, 0.1) is 5.41 Å². The van der Waals surface area contributed by atoms with Crippen molar-refractivity contribution in [3.05, 3.63) is 0 Å². The van der Waals surface area contributed by atoms with Gasteiger partial charge in [-0.05, 0) is 27.7 Å². The molecule has 0 radical (unpaired) electrons. The first-order valence-corrected chi connectivity index (χ1v) is 7.14. The van der Waals surface area contributed by atoms with Gasteiger partial charge in [0.1, 0.15) is 0 Å². The maximum Gasteiger partial charge on any atom is 0.339 e. The molecular weight excluding hydrogens is 308 g/mol. The Balaban J connectivity index is 0. The van der Waals surface area contributed by atoms with Crippen LogP contribution in [0.15, 0.2) is 0 Å². The molecule has 9 heteroatoms. The Morgan fingerprint density at radius 3 is 1.52 bits per heavy atom. The molecule has 0 aliphatic carbocycles. The van der Waals surface area contributed by atoms with Crippen molar-refractivity contribution in [3.8, 4) is 0 Å². The number of carbonyl (C=O) groups is 3. The van der Waals surface area contributed by atoms with Gasteiger partial charge in [0.15, 0.2) is 5.60 Å². The van der Waals surface area contributed by atoms with Crippen molar-refractivity contribution in [2.45, 2.75) is 46.1 Å². The van der Waals surface area contributed by atoms with Crippen LogP contribution in [-0.4, -0.2) is 54.3 Å². The minimum Gasteiger partial charge on any atom is -0.466 e. The summed E-state index contributed by atoms with van der Waals surface area (Å²) in [6.45, 7) is 6.49. The Kier molecular flexibility index (Phi) is 12.5. The number of amidine groups is 1. The highest BCUT2D eigenvalue weighted by Gasteiger charge is 2.43. The van der Waals surface area contributed by atoms with Crippen molar-refractivity contribution < 1.29 is 33.7 Å². The normalized spacial score (nSPS) is 9.96. The monoisotopic (exact) mass is 334 g/mol. The van der Waals surface area contributed by atoms with Crippen LogP contribution in [0.2, 0.25) is 0 Å². The molecule has 0 saturated carbocycles. The first kappa shape index (κ1) is 23.1. The van der Waals surface area contributed by atoms with Crippen molar-refractivity contribution in [1.29, 1.82) is 5.41 Å². The van der Waals surface area contributed by atoms with Gasteiger partial charge in [0.25, 0.3) is 0 Å². The number of esters is 3. The number of carbonyl (C=O) groups excluding carboxylic acids is 3. The highest BCUT2D eigenvalue weighted by Crippen LogP contribution is 2.19. The molecule has 0 aromatic carbocycles. The van der Waals surface area contributed by atoms with E-state index in [0.29, 0.717) is 0 Å². The summed E-state index contributed by atoms with van der Waals surface area (Å²) in [5, 5.41) is 16.4. The number of rotatable bonds is 8. The van der Waals surface area contributed by atoms with Gasteiger partial charge < -0.3 is 25.1 Å². The van der Waals surface area contributed by atoms with E-state index in [4.69, 9.17) is 11.1 Å². The average Bonchev–Trinajstić information content (AvgIpc) is 2.38. The van der Waals surface area contributed by atoms with Crippen molar-refractivity contribution in [3.63, 3.8) is 0 Å². The van der Waals surface area contributed by atoms with E-state index in [0.717, 1.165) is 0 Å². The van der Waals surface area contributed by atoms with E-state index in [-0.39, 0.29) is 25.7 Å². The van der Waals surface area contributed by atoms with Crippen molar-refractivity contribution in [2.75, 3.05) is 19.8 Å². The van der Waals surface area contributed by atoms with E-state index in [1.807, 2.05) is 0 Å². The summed E-state index contributed by atoms with van der Waals surface area (Å²) < 4.78 is 14.0. The van der Waals surface area contributed by atoms with Gasteiger partial charge in [-0.25, -0.2) is 4.79 Å². The summed E-state index contributed by atoms with van der Waals surface area (Å²) in [6, 6.07) is 0. The van der Waals surface area contributed by atoms with Crippen LogP contribution in [0.3, 0.4) is 0 Å². The SMILES string of the molecule is CC(=N)N.CCOC(=O)CC(O)(CC(=O)OCC)C(=O)OCC. The maximum absolute atomic E-state index is 11.7. The number of hydrogen-bond donors (Lipinski definition) is 3. The zero-order valence-corrected chi connectivity index (χ0v) is 14.0. The van der Waals surface area contributed by atoms with Gasteiger partial charge in [-0.3, -0.25) is 15.0 Å². The third-order valence-corrected chi connectivity index (χ3v) is 2.14. The molecular formula is C14H26N2O7. The van der Waals surface area contributed by atoms with Crippen molar-refractivity contribution >= 4 is 23.7 Å². The fourth-order valence-corrected chi connectivity index (χ4v) is 1.37. The van der Waals surface area contributed by atoms with Gasteiger partial charge in [-0.2, -0.15) is 0 Å². The zero-order chi connectivity index (χ0) is 18.5. The molecule has 0 aliphatic rings. The quantitative estimate of drug-likeness (QED) is 0.245. The third-order valence-electron chi connectivity index (χ3n) is 2.14. The van der Waals surface area contributed by atoms with Gasteiger partial charge in [-0.15, -0.1) is 0 Å². The molecule has 23 heavy (non-hydrogen) atoms. The lowest BCUT2D eigenvalue weighted by Gasteiger charge is -2.23. The predicted octanol–water partition coefficient (Wildman–Crippen LogP) is 0.129. The number of hydrogen-bond acceptors (Lipinski definition) is 8. The molecule has 0 aliphatic heterocycles. The molecule has 0 unspecified atom stereocenters. The van der Waals surface area contributed by atoms with Gasteiger partial charge in [0.05, 0.1) is 38.5 Å². The highest BCUT2D eigenvalue weighted by atomic mass is 16.6. The van der Waals surface area contributed by atoms with Crippen LogP contribution in [-0.2, 0) is 28.6 Å². The minimum absolute atomic E-state index is 0.0206. The van der Waals surface area contributed by atoms with Gasteiger partial charge >= 0.3 is 17.9 Å². The number of nitrogens with two attached hydrogens (primary N) is 1. The Bertz CT molecular complexity index is 386. The molecule has 0 aromatic heterocycles. The summed E-state index contributed by atoms with van der Waals surface area (Å²) in [5.41, 5.74) is 2.44. The van der Waals surface area contributed by atoms with Gasteiger partial charge in [0.2, 0.25) is 0 Å². The summed E-state index contributed by atoms with van der Waals surface area (Å²) in [5.74, 6) is -2.46. The number of aliphatic hydroxyl groups is 1. The van der Waals surface area contributed by atoms with E-state index in [1.165, 1.54) is 6.92 Å². The predicted molar refractivity (Wildman–Crippen MR) is 81.7 cm³/mol. The standard InChI is InChI=1S/C12H20O7.C2H6N2/c1-4-17-9(13)7-12(16,11(15)19-6-3)8-10(14)18-5-2;1-2(3)4/h16H,4-8H2,1-3H3;1H3,(H3,3,4). The molecule has 0 saturated heterocycles. The zero-order valence-electron chi connectivity index (χ0n) is 14.0. The van der Waals surface area contributed by atoms with Crippen molar-refractivity contribution in [2.24, 2.45) is 5.73 Å². The molecule has 4 N–H and O–H groups in total. The third kappa shape index (κ3) is 12.1. The smallest absolute Gasteiger partial charge is 0.339 e. The molecule has 0 bridgehead atoms. The molecule has 0 spiro atoms. The minimum atomic E-state index is -2.26. The van der Waals surface area contributed by atoms with Crippen LogP contribution in [0.5, 0.6) is 0 Å². The van der Waals surface area contributed by atoms with Crippen molar-refractivity contribution in [1.82, 2.24) is 0 Å². The lowest BCUT2D eigenvalue weighted by molar-refractivity contribution is -0.177. The fraction of sp³-hybridized carbons (Fsp3) is 0.714. The lowest BCUT2D eigenvalue weighted by atomic mass is 9.95. The summed E-state index contributed by atoms with van der Waals surface area (Å²) in [7, 11) is 0. The molecule has 0 amide bonds. The second-order valence-corrected chi connectivity index (χ2v) is 4.40. The van der Waals surface area contributed by atoms with Crippen LogP contribution >= 0.6 is 0 Å². The average molecular weight is 334 g/mol.